The summed E-state index contributed by atoms with van der Waals surface area (Å²) in [6, 6.07) is 10.0. The highest BCUT2D eigenvalue weighted by Gasteiger charge is 2.22. The van der Waals surface area contributed by atoms with E-state index in [2.05, 4.69) is 4.72 Å². The van der Waals surface area contributed by atoms with E-state index in [9.17, 15) is 28.2 Å². The van der Waals surface area contributed by atoms with Crippen molar-refractivity contribution >= 4 is 34.2 Å². The Morgan fingerprint density at radius 1 is 1.06 bits per heavy atom. The van der Waals surface area contributed by atoms with E-state index in [-0.39, 0.29) is 56.8 Å². The van der Waals surface area contributed by atoms with Gasteiger partial charge >= 0.3 is 5.97 Å². The largest absolute Gasteiger partial charge is 0.505 e. The minimum absolute atomic E-state index is 0.0999. The summed E-state index contributed by atoms with van der Waals surface area (Å²) in [5.41, 5.74) is -0.272. The van der Waals surface area contributed by atoms with E-state index in [1.807, 2.05) is 6.07 Å². The molecule has 11 heteroatoms. The Bertz CT molecular complexity index is 1360. The quantitative estimate of drug-likeness (QED) is 0.448. The van der Waals surface area contributed by atoms with Crippen molar-refractivity contribution in [2.24, 2.45) is 0 Å². The summed E-state index contributed by atoms with van der Waals surface area (Å²) in [5.74, 6) is -3.27. The number of ether oxygens (including phenoxy) is 2. The second-order valence-electron chi connectivity index (χ2n) is 6.79. The summed E-state index contributed by atoms with van der Waals surface area (Å²) >= 11 is 5.95. The third-order valence-electron chi connectivity index (χ3n) is 4.70. The highest BCUT2D eigenvalue weighted by Crippen LogP contribution is 2.37. The standard InChI is InChI=1S/C22H13ClF2N2O5S/c23-15-6-12-7-20(21(15)28)33(30)27-18-8-13(16(24)9-17(18)25)14-5-11(10-26)1-2-19(14)31-3-4-32-22(12)29/h1-2,5-9,27-28H,3-4H2. The van der Waals surface area contributed by atoms with Crippen molar-refractivity contribution in [3.05, 3.63) is 70.2 Å². The third kappa shape index (κ3) is 4.46. The molecule has 168 valence electrons. The number of cyclic esters (lactones) is 1. The van der Waals surface area contributed by atoms with Crippen LogP contribution in [0, 0.1) is 23.0 Å². The predicted octanol–water partition coefficient (Wildman–Crippen LogP) is 4.55. The number of anilines is 1. The number of halogens is 3. The number of carbonyl (C=O) groups is 1. The predicted molar refractivity (Wildman–Crippen MR) is 115 cm³/mol. The number of phenols is 1. The first-order chi connectivity index (χ1) is 15.8. The van der Waals surface area contributed by atoms with Crippen LogP contribution in [0.2, 0.25) is 5.02 Å². The van der Waals surface area contributed by atoms with E-state index >= 15 is 0 Å². The van der Waals surface area contributed by atoms with E-state index < -0.39 is 34.3 Å². The lowest BCUT2D eigenvalue weighted by Crippen LogP contribution is -2.13. The molecule has 1 unspecified atom stereocenters. The lowest BCUT2D eigenvalue weighted by atomic mass is 10.0. The highest BCUT2D eigenvalue weighted by atomic mass is 35.5. The van der Waals surface area contributed by atoms with Gasteiger partial charge in [0.2, 0.25) is 0 Å². The summed E-state index contributed by atoms with van der Waals surface area (Å²) in [6.07, 6.45) is 0. The normalized spacial score (nSPS) is 15.6. The molecular weight excluding hydrogens is 478 g/mol. The van der Waals surface area contributed by atoms with Gasteiger partial charge in [-0.2, -0.15) is 5.26 Å². The van der Waals surface area contributed by atoms with Gasteiger partial charge in [0.15, 0.2) is 16.7 Å². The minimum atomic E-state index is -2.30. The monoisotopic (exact) mass is 490 g/mol. The zero-order valence-electron chi connectivity index (χ0n) is 16.5. The van der Waals surface area contributed by atoms with Gasteiger partial charge in [0.1, 0.15) is 35.5 Å². The average Bonchev–Trinajstić information content (AvgIpc) is 2.79. The maximum atomic E-state index is 14.7. The Morgan fingerprint density at radius 2 is 1.82 bits per heavy atom. The van der Waals surface area contributed by atoms with Crippen molar-refractivity contribution in [2.75, 3.05) is 17.9 Å². The molecular formula is C22H13ClF2N2O5S. The number of aromatic hydroxyl groups is 1. The molecule has 3 aromatic carbocycles. The molecule has 4 rings (SSSR count). The van der Waals surface area contributed by atoms with Crippen LogP contribution in [0.4, 0.5) is 14.5 Å². The third-order valence-corrected chi connectivity index (χ3v) is 6.10. The fourth-order valence-electron chi connectivity index (χ4n) is 3.13. The first-order valence-electron chi connectivity index (χ1n) is 9.33. The van der Waals surface area contributed by atoms with Crippen LogP contribution in [0.3, 0.4) is 0 Å². The van der Waals surface area contributed by atoms with Crippen molar-refractivity contribution < 1.29 is 32.4 Å². The molecule has 1 aliphatic rings. The van der Waals surface area contributed by atoms with Crippen LogP contribution in [0.15, 0.2) is 47.4 Å². The molecule has 3 aromatic rings. The second-order valence-corrected chi connectivity index (χ2v) is 8.38. The number of fused-ring (bicyclic) bond motifs is 6. The summed E-state index contributed by atoms with van der Waals surface area (Å²) in [4.78, 5) is 12.1. The molecule has 0 aromatic heterocycles. The van der Waals surface area contributed by atoms with Gasteiger partial charge in [0.05, 0.1) is 27.9 Å². The number of rotatable bonds is 0. The molecule has 33 heavy (non-hydrogen) atoms. The summed E-state index contributed by atoms with van der Waals surface area (Å²) in [7, 11) is -2.30. The summed E-state index contributed by atoms with van der Waals surface area (Å²) in [5, 5.41) is 19.2. The van der Waals surface area contributed by atoms with Crippen LogP contribution in [-0.2, 0) is 15.7 Å². The van der Waals surface area contributed by atoms with Crippen LogP contribution in [0.1, 0.15) is 15.9 Å². The molecule has 7 nitrogen and oxygen atoms in total. The molecule has 0 fully saturated rings. The number of nitrogens with one attached hydrogen (secondary N) is 1. The van der Waals surface area contributed by atoms with Crippen molar-refractivity contribution in [3.63, 3.8) is 0 Å². The van der Waals surface area contributed by atoms with Gasteiger partial charge in [-0.1, -0.05) is 11.6 Å². The van der Waals surface area contributed by atoms with Crippen molar-refractivity contribution in [2.45, 2.75) is 4.90 Å². The number of phenolic OH excluding ortho intramolecular Hbond substituents is 1. The first kappa shape index (κ1) is 22.5. The van der Waals surface area contributed by atoms with Gasteiger partial charge in [-0.3, -0.25) is 4.72 Å². The van der Waals surface area contributed by atoms with Gasteiger partial charge in [-0.05, 0) is 36.4 Å². The van der Waals surface area contributed by atoms with Crippen LogP contribution in [-0.4, -0.2) is 28.5 Å². The molecule has 2 N–H and O–H groups in total. The zero-order valence-corrected chi connectivity index (χ0v) is 18.1. The molecule has 0 radical (unpaired) electrons. The molecule has 0 saturated heterocycles. The van der Waals surface area contributed by atoms with E-state index in [1.54, 1.807) is 0 Å². The van der Waals surface area contributed by atoms with E-state index in [1.165, 1.54) is 18.2 Å². The lowest BCUT2D eigenvalue weighted by molar-refractivity contribution is 0.0450. The maximum Gasteiger partial charge on any atom is 0.338 e. The number of nitrogens with zero attached hydrogens (tertiary/aromatic N) is 1. The van der Waals surface area contributed by atoms with Gasteiger partial charge < -0.3 is 14.6 Å². The first-order valence-corrected chi connectivity index (χ1v) is 10.9. The average molecular weight is 491 g/mol. The van der Waals surface area contributed by atoms with Gasteiger partial charge in [0.25, 0.3) is 0 Å². The molecule has 0 aliphatic carbocycles. The number of esters is 1. The van der Waals surface area contributed by atoms with Crippen LogP contribution < -0.4 is 9.46 Å². The fourth-order valence-corrected chi connectivity index (χ4v) is 4.39. The van der Waals surface area contributed by atoms with Gasteiger partial charge in [0, 0.05) is 17.2 Å². The maximum absolute atomic E-state index is 14.7. The number of benzene rings is 3. The molecule has 1 heterocycles. The van der Waals surface area contributed by atoms with Crippen molar-refractivity contribution in [1.29, 1.82) is 5.26 Å². The Labute approximate surface area is 193 Å². The minimum Gasteiger partial charge on any atom is -0.505 e. The van der Waals surface area contributed by atoms with Gasteiger partial charge in [-0.25, -0.2) is 17.8 Å². The van der Waals surface area contributed by atoms with Crippen molar-refractivity contribution in [3.8, 4) is 28.7 Å². The topological polar surface area (TPSA) is 109 Å². The summed E-state index contributed by atoms with van der Waals surface area (Å²) < 4.78 is 55.3. The van der Waals surface area contributed by atoms with Gasteiger partial charge in [-0.15, -0.1) is 0 Å². The molecule has 0 amide bonds. The molecule has 4 bridgehead atoms. The van der Waals surface area contributed by atoms with E-state index in [0.717, 1.165) is 18.2 Å². The van der Waals surface area contributed by atoms with Crippen LogP contribution >= 0.6 is 11.6 Å². The SMILES string of the molecule is N#Cc1ccc2c(c1)-c1cc(c(F)cc1F)NS(=O)c1cc(cc(Cl)c1O)C(=O)OCCO2. The number of carbonyl (C=O) groups excluding carboxylic acids is 1. The van der Waals surface area contributed by atoms with Crippen molar-refractivity contribution in [1.82, 2.24) is 0 Å². The molecule has 0 spiro atoms. The molecule has 1 atom stereocenters. The smallest absolute Gasteiger partial charge is 0.338 e. The Hall–Kier alpha value is -3.68. The fraction of sp³-hybridized carbons (Fsp3) is 0.0909. The zero-order chi connectivity index (χ0) is 23.7. The second kappa shape index (κ2) is 9.05. The molecule has 1 aliphatic heterocycles. The number of hydrogen-bond donors (Lipinski definition) is 2. The Morgan fingerprint density at radius 3 is 2.58 bits per heavy atom. The molecule has 0 saturated carbocycles. The van der Waals surface area contributed by atoms with E-state index in [0.29, 0.717) is 6.07 Å². The Balaban J connectivity index is 1.90. The van der Waals surface area contributed by atoms with Crippen LogP contribution in [0.25, 0.3) is 11.1 Å². The number of hydrogen-bond acceptors (Lipinski definition) is 6. The Kier molecular flexibility index (Phi) is 6.18. The lowest BCUT2D eigenvalue weighted by Gasteiger charge is -2.15. The van der Waals surface area contributed by atoms with E-state index in [4.69, 9.17) is 21.1 Å². The highest BCUT2D eigenvalue weighted by molar-refractivity contribution is 7.86. The van der Waals surface area contributed by atoms with Crippen LogP contribution in [0.5, 0.6) is 11.5 Å². The summed E-state index contributed by atoms with van der Waals surface area (Å²) in [6.45, 7) is -0.326. The number of nitriles is 1.